The Hall–Kier alpha value is 1.29. The van der Waals surface area contributed by atoms with Crippen molar-refractivity contribution in [2.75, 3.05) is 0 Å². The van der Waals surface area contributed by atoms with Crippen LogP contribution in [0.3, 0.4) is 0 Å². The quantitative estimate of drug-likeness (QED) is 0.250. The maximum atomic E-state index is 8.25. The second-order valence-electron chi connectivity index (χ2n) is 0.447. The molecule has 0 amide bonds. The Labute approximate surface area is 138 Å². The van der Waals surface area contributed by atoms with E-state index >= 15 is 0 Å². The maximum Gasteiger partial charge on any atom is 1.00 e. The normalized spacial score (nSPS) is 4.00. The number of hydrogen-bond donors (Lipinski definition) is 1. The van der Waals surface area contributed by atoms with Gasteiger partial charge in [-0.05, 0) is 0 Å². The van der Waals surface area contributed by atoms with Crippen molar-refractivity contribution < 1.29 is 104 Å². The molecule has 0 rings (SSSR count). The van der Waals surface area contributed by atoms with E-state index in [1.54, 1.807) is 0 Å². The van der Waals surface area contributed by atoms with Crippen LogP contribution >= 0.6 is 0 Å². The molecule has 0 bridgehead atoms. The van der Waals surface area contributed by atoms with Crippen LogP contribution in [0.25, 0.3) is 0 Å². The average Bonchev–Trinajstić information content (AvgIpc) is 1.25. The van der Waals surface area contributed by atoms with Crippen molar-refractivity contribution >= 4 is 0 Å². The molecule has 0 aliphatic carbocycles. The van der Waals surface area contributed by atoms with Gasteiger partial charge in [0.25, 0.3) is 0 Å². The van der Waals surface area contributed by atoms with Crippen LogP contribution in [0.2, 0.25) is 0 Å². The molecule has 0 aromatic carbocycles. The van der Waals surface area contributed by atoms with Crippen LogP contribution in [0.5, 0.6) is 0 Å². The van der Waals surface area contributed by atoms with E-state index in [0.29, 0.717) is 0 Å². The first-order valence-corrected chi connectivity index (χ1v) is 1.10. The molecule has 0 heterocycles. The molecule has 12 heteroatoms. The Balaban J connectivity index is -0.0000000112. The van der Waals surface area contributed by atoms with Gasteiger partial charge < -0.3 is 49.2 Å². The van der Waals surface area contributed by atoms with E-state index in [4.69, 9.17) is 30.6 Å². The topological polar surface area (TPSA) is 169 Å². The molecule has 12 heavy (non-hydrogen) atoms. The summed E-state index contributed by atoms with van der Waals surface area (Å²) in [6, 6.07) is 0. The van der Waals surface area contributed by atoms with Crippen LogP contribution in [0, 0.1) is 30.6 Å². The average molecular weight is 240 g/mol. The Kier molecular flexibility index (Phi) is 92.8. The molecule has 0 aromatic rings. The number of nitrogens with zero attached hydrogens (tertiary/aromatic N) is 2. The van der Waals surface area contributed by atoms with Gasteiger partial charge in [0.1, 0.15) is 0 Å². The Bertz CT molecular complexity index is 80.8. The van der Waals surface area contributed by atoms with Gasteiger partial charge in [-0.15, -0.1) is 0 Å². The largest absolute Gasteiger partial charge is 1.00 e. The predicted molar refractivity (Wildman–Crippen MR) is 26.7 cm³/mol. The number of rotatable bonds is 0. The zero-order valence-electron chi connectivity index (χ0n) is 6.72. The summed E-state index contributed by atoms with van der Waals surface area (Å²) >= 11 is 0. The fourth-order valence-electron chi connectivity index (χ4n) is 0. The third kappa shape index (κ3) is 722. The van der Waals surface area contributed by atoms with E-state index < -0.39 is 10.2 Å². The third-order valence-corrected chi connectivity index (χ3v) is 0. The zero-order chi connectivity index (χ0) is 7.15. The monoisotopic (exact) mass is 239 g/mol. The molecule has 0 unspecified atom stereocenters. The molecule has 0 spiro atoms. The number of halogens is 1. The minimum Gasteiger partial charge on any atom is -1.00 e. The van der Waals surface area contributed by atoms with Gasteiger partial charge in [-0.25, -0.2) is 0 Å². The molecule has 0 aliphatic heterocycles. The second kappa shape index (κ2) is 29.5. The third-order valence-electron chi connectivity index (χ3n) is 0. The van der Waals surface area contributed by atoms with Gasteiger partial charge in [0.2, 0.25) is 0 Å². The summed E-state index contributed by atoms with van der Waals surface area (Å²) in [4.78, 5) is 16.5. The summed E-state index contributed by atoms with van der Waals surface area (Å²) in [5.74, 6) is 0. The molecule has 0 fully saturated rings. The number of hydrogen-bond acceptors (Lipinski definition) is 6. The van der Waals surface area contributed by atoms with E-state index in [9.17, 15) is 0 Å². The molecule has 0 saturated heterocycles. The van der Waals surface area contributed by atoms with Crippen LogP contribution in [0.1, 0.15) is 0 Å². The summed E-state index contributed by atoms with van der Waals surface area (Å²) < 4.78 is 0. The van der Waals surface area contributed by atoms with Crippen LogP contribution in [-0.2, 0) is 0 Å². The minimum absolute atomic E-state index is 0. The SMILES string of the molecule is O=[N+]([O-])[O-].O=[N+]([O-])[O-].[Cl-].[K+].[NH4+].[Na+]. The predicted octanol–water partition coefficient (Wildman–Crippen LogP) is -9.09. The molecular weight excluding hydrogens is 236 g/mol. The fraction of sp³-hybridized carbons (Fsp3) is 0. The van der Waals surface area contributed by atoms with Crippen molar-refractivity contribution in [2.24, 2.45) is 0 Å². The van der Waals surface area contributed by atoms with E-state index in [0.717, 1.165) is 0 Å². The van der Waals surface area contributed by atoms with Gasteiger partial charge in [0.15, 0.2) is 0 Å². The van der Waals surface area contributed by atoms with Crippen LogP contribution < -0.4 is 99.5 Å². The Morgan fingerprint density at radius 1 is 0.833 bits per heavy atom. The molecule has 9 nitrogen and oxygen atoms in total. The van der Waals surface area contributed by atoms with Crippen molar-refractivity contribution in [1.29, 1.82) is 0 Å². The van der Waals surface area contributed by atoms with Crippen molar-refractivity contribution in [3.8, 4) is 0 Å². The van der Waals surface area contributed by atoms with E-state index in [2.05, 4.69) is 0 Å². The second-order valence-corrected chi connectivity index (χ2v) is 0.447. The van der Waals surface area contributed by atoms with Crippen molar-refractivity contribution in [2.45, 2.75) is 0 Å². The van der Waals surface area contributed by atoms with Gasteiger partial charge in [-0.2, -0.15) is 0 Å². The van der Waals surface area contributed by atoms with Crippen LogP contribution in [-0.4, -0.2) is 10.2 Å². The molecule has 4 N–H and O–H groups in total. The first-order valence-electron chi connectivity index (χ1n) is 1.10. The summed E-state index contributed by atoms with van der Waals surface area (Å²) in [7, 11) is 0. The summed E-state index contributed by atoms with van der Waals surface area (Å²) in [6.07, 6.45) is 0. The summed E-state index contributed by atoms with van der Waals surface area (Å²) in [6.45, 7) is 0. The molecule has 0 atom stereocenters. The van der Waals surface area contributed by atoms with Crippen molar-refractivity contribution in [1.82, 2.24) is 6.15 Å². The van der Waals surface area contributed by atoms with Gasteiger partial charge in [0, 0.05) is 0 Å². The molecular formula is H4ClKN3NaO6. The molecule has 64 valence electrons. The molecule has 0 aromatic heterocycles. The first-order chi connectivity index (χ1) is 3.46. The minimum atomic E-state index is -1.75. The van der Waals surface area contributed by atoms with Crippen molar-refractivity contribution in [3.63, 3.8) is 0 Å². The maximum absolute atomic E-state index is 8.25. The van der Waals surface area contributed by atoms with E-state index in [1.807, 2.05) is 0 Å². The number of quaternary nitrogens is 1. The summed E-state index contributed by atoms with van der Waals surface area (Å²) in [5, 5.41) is 29.5. The van der Waals surface area contributed by atoms with Crippen LogP contribution in [0.15, 0.2) is 0 Å². The summed E-state index contributed by atoms with van der Waals surface area (Å²) in [5.41, 5.74) is 0. The van der Waals surface area contributed by atoms with Gasteiger partial charge in [-0.3, -0.25) is 0 Å². The van der Waals surface area contributed by atoms with Crippen molar-refractivity contribution in [3.05, 3.63) is 30.6 Å². The Morgan fingerprint density at radius 3 is 0.833 bits per heavy atom. The van der Waals surface area contributed by atoms with E-state index in [1.165, 1.54) is 0 Å². The Morgan fingerprint density at radius 2 is 0.833 bits per heavy atom. The first kappa shape index (κ1) is 37.8. The zero-order valence-corrected chi connectivity index (χ0v) is 12.6. The van der Waals surface area contributed by atoms with Gasteiger partial charge >= 0.3 is 80.9 Å². The standard InChI is InChI=1S/ClH.K.2NO3.H3N.Na/c;;2*2-1(3)4;;/h1H;;;;1H3;/q;+1;2*-1;;+1. The van der Waals surface area contributed by atoms with Gasteiger partial charge in [-0.1, -0.05) is 0 Å². The smallest absolute Gasteiger partial charge is 1.00 e. The molecule has 0 saturated carbocycles. The van der Waals surface area contributed by atoms with E-state index in [-0.39, 0.29) is 99.5 Å². The van der Waals surface area contributed by atoms with Gasteiger partial charge in [0.05, 0.1) is 10.2 Å². The fourth-order valence-corrected chi connectivity index (χ4v) is 0. The van der Waals surface area contributed by atoms with Crippen LogP contribution in [0.4, 0.5) is 0 Å². The molecule has 0 radical (unpaired) electrons. The molecule has 0 aliphatic rings.